The van der Waals surface area contributed by atoms with E-state index in [1.165, 1.54) is 29.6 Å². The van der Waals surface area contributed by atoms with Gasteiger partial charge in [-0.2, -0.15) is 9.40 Å². The van der Waals surface area contributed by atoms with Gasteiger partial charge in [-0.1, -0.05) is 18.2 Å². The minimum Gasteiger partial charge on any atom is -0.495 e. The molecule has 0 bridgehead atoms. The average molecular weight is 484 g/mol. The molecule has 0 spiro atoms. The first-order valence-corrected chi connectivity index (χ1v) is 12.1. The van der Waals surface area contributed by atoms with E-state index >= 15 is 0 Å². The lowest BCUT2D eigenvalue weighted by atomic mass is 10.2. The number of ether oxygens (including phenoxy) is 3. The summed E-state index contributed by atoms with van der Waals surface area (Å²) in [6.45, 7) is 1.36. The standard InChI is InChI=1S/C24H25N3O6S/c1-31-22-9-5-19(17-23(22)34(29,30)26-13-15-32-16-14-26)6-10-24(28)33-18-20-3-7-21(8-4-20)27-12-2-11-25-27/h2-12,17H,13-16,18H2,1H3/b10-6+. The van der Waals surface area contributed by atoms with E-state index in [0.29, 0.717) is 18.8 Å². The second kappa shape index (κ2) is 10.6. The summed E-state index contributed by atoms with van der Waals surface area (Å²) < 4.78 is 45.1. The first-order valence-electron chi connectivity index (χ1n) is 10.7. The number of nitrogens with zero attached hydrogens (tertiary/aromatic N) is 3. The quantitative estimate of drug-likeness (QED) is 0.359. The molecular weight excluding hydrogens is 458 g/mol. The van der Waals surface area contributed by atoms with Crippen LogP contribution in [-0.4, -0.2) is 61.9 Å². The van der Waals surface area contributed by atoms with Crippen molar-refractivity contribution in [1.29, 1.82) is 0 Å². The topological polar surface area (TPSA) is 100.0 Å². The molecule has 1 aromatic heterocycles. The molecule has 34 heavy (non-hydrogen) atoms. The van der Waals surface area contributed by atoms with E-state index < -0.39 is 16.0 Å². The van der Waals surface area contributed by atoms with Crippen LogP contribution >= 0.6 is 0 Å². The second-order valence-electron chi connectivity index (χ2n) is 7.48. The number of sulfonamides is 1. The third-order valence-corrected chi connectivity index (χ3v) is 7.19. The predicted octanol–water partition coefficient (Wildman–Crippen LogP) is 2.66. The third kappa shape index (κ3) is 5.53. The van der Waals surface area contributed by atoms with Gasteiger partial charge in [0.25, 0.3) is 0 Å². The molecule has 0 N–H and O–H groups in total. The maximum Gasteiger partial charge on any atom is 0.331 e. The monoisotopic (exact) mass is 483 g/mol. The lowest BCUT2D eigenvalue weighted by Gasteiger charge is -2.26. The fourth-order valence-electron chi connectivity index (χ4n) is 3.46. The fourth-order valence-corrected chi connectivity index (χ4v) is 5.06. The third-order valence-electron chi connectivity index (χ3n) is 5.27. The van der Waals surface area contributed by atoms with Gasteiger partial charge < -0.3 is 14.2 Å². The van der Waals surface area contributed by atoms with Crippen LogP contribution in [0.4, 0.5) is 0 Å². The summed E-state index contributed by atoms with van der Waals surface area (Å²) in [6, 6.07) is 14.1. The van der Waals surface area contributed by atoms with Gasteiger partial charge in [0.05, 0.1) is 26.0 Å². The van der Waals surface area contributed by atoms with Crippen molar-refractivity contribution in [3.63, 3.8) is 0 Å². The molecule has 0 aliphatic carbocycles. The lowest BCUT2D eigenvalue weighted by Crippen LogP contribution is -2.40. The fraction of sp³-hybridized carbons (Fsp3) is 0.250. The summed E-state index contributed by atoms with van der Waals surface area (Å²) in [5, 5.41) is 4.17. The molecule has 0 atom stereocenters. The van der Waals surface area contributed by atoms with E-state index in [0.717, 1.165) is 11.3 Å². The lowest BCUT2D eigenvalue weighted by molar-refractivity contribution is -0.138. The van der Waals surface area contributed by atoms with Crippen molar-refractivity contribution >= 4 is 22.1 Å². The molecule has 3 aromatic rings. The van der Waals surface area contributed by atoms with Crippen molar-refractivity contribution in [2.75, 3.05) is 33.4 Å². The highest BCUT2D eigenvalue weighted by molar-refractivity contribution is 7.89. The number of hydrogen-bond donors (Lipinski definition) is 0. The molecule has 2 aromatic carbocycles. The molecule has 1 saturated heterocycles. The van der Waals surface area contributed by atoms with Gasteiger partial charge in [0.15, 0.2) is 0 Å². The molecule has 0 radical (unpaired) electrons. The highest BCUT2D eigenvalue weighted by Crippen LogP contribution is 2.29. The Morgan fingerprint density at radius 3 is 2.59 bits per heavy atom. The molecule has 1 fully saturated rings. The van der Waals surface area contributed by atoms with Crippen LogP contribution in [0.25, 0.3) is 11.8 Å². The molecule has 0 unspecified atom stereocenters. The van der Waals surface area contributed by atoms with E-state index in [1.54, 1.807) is 23.0 Å². The van der Waals surface area contributed by atoms with E-state index in [9.17, 15) is 13.2 Å². The molecule has 10 heteroatoms. The van der Waals surface area contributed by atoms with E-state index in [1.807, 2.05) is 36.5 Å². The van der Waals surface area contributed by atoms with Gasteiger partial charge in [-0.25, -0.2) is 17.9 Å². The van der Waals surface area contributed by atoms with Crippen LogP contribution in [0.1, 0.15) is 11.1 Å². The summed E-state index contributed by atoms with van der Waals surface area (Å²) in [4.78, 5) is 12.3. The zero-order valence-corrected chi connectivity index (χ0v) is 19.5. The van der Waals surface area contributed by atoms with Gasteiger partial charge in [0, 0.05) is 31.6 Å². The maximum absolute atomic E-state index is 13.1. The van der Waals surface area contributed by atoms with Crippen LogP contribution in [0, 0.1) is 0 Å². The molecule has 0 saturated carbocycles. The van der Waals surface area contributed by atoms with Crippen LogP contribution in [0.3, 0.4) is 0 Å². The number of carbonyl (C=O) groups is 1. The molecule has 9 nitrogen and oxygen atoms in total. The van der Waals surface area contributed by atoms with Crippen LogP contribution in [0.15, 0.2) is 71.9 Å². The van der Waals surface area contributed by atoms with Crippen LogP contribution < -0.4 is 4.74 Å². The van der Waals surface area contributed by atoms with Crippen molar-refractivity contribution < 1.29 is 27.4 Å². The number of rotatable bonds is 8. The van der Waals surface area contributed by atoms with Crippen LogP contribution in [-0.2, 0) is 30.9 Å². The van der Waals surface area contributed by atoms with Gasteiger partial charge in [0.1, 0.15) is 17.3 Å². The Balaban J connectivity index is 1.40. The largest absolute Gasteiger partial charge is 0.495 e. The number of esters is 1. The number of methoxy groups -OCH3 is 1. The van der Waals surface area contributed by atoms with Gasteiger partial charge >= 0.3 is 5.97 Å². The van der Waals surface area contributed by atoms with Crippen molar-refractivity contribution in [2.45, 2.75) is 11.5 Å². The van der Waals surface area contributed by atoms with Crippen molar-refractivity contribution in [1.82, 2.24) is 14.1 Å². The number of carbonyl (C=O) groups excluding carboxylic acids is 1. The molecule has 1 aliphatic heterocycles. The molecule has 1 aliphatic rings. The highest BCUT2D eigenvalue weighted by atomic mass is 32.2. The molecule has 0 amide bonds. The average Bonchev–Trinajstić information content (AvgIpc) is 3.42. The SMILES string of the molecule is COc1ccc(/C=C/C(=O)OCc2ccc(-n3cccn3)cc2)cc1S(=O)(=O)N1CCOCC1. The van der Waals surface area contributed by atoms with Gasteiger partial charge in [-0.3, -0.25) is 0 Å². The predicted molar refractivity (Wildman–Crippen MR) is 125 cm³/mol. The summed E-state index contributed by atoms with van der Waals surface area (Å²) in [5.74, 6) is -0.297. The van der Waals surface area contributed by atoms with Crippen LogP contribution in [0.5, 0.6) is 5.75 Å². The Labute approximate surface area is 198 Å². The van der Waals surface area contributed by atoms with E-state index in [-0.39, 0.29) is 30.3 Å². The smallest absolute Gasteiger partial charge is 0.331 e. The summed E-state index contributed by atoms with van der Waals surface area (Å²) in [5.41, 5.74) is 2.27. The Morgan fingerprint density at radius 2 is 1.91 bits per heavy atom. The Hall–Kier alpha value is -3.47. The zero-order chi connectivity index (χ0) is 24.0. The minimum absolute atomic E-state index is 0.0460. The number of morpholine rings is 1. The normalized spacial score (nSPS) is 14.9. The molecule has 4 rings (SSSR count). The van der Waals surface area contributed by atoms with E-state index in [4.69, 9.17) is 14.2 Å². The Kier molecular flexibility index (Phi) is 7.41. The van der Waals surface area contributed by atoms with Gasteiger partial charge in [-0.05, 0) is 47.5 Å². The molecular formula is C24H25N3O6S. The van der Waals surface area contributed by atoms with Crippen molar-refractivity contribution in [2.24, 2.45) is 0 Å². The summed E-state index contributed by atoms with van der Waals surface area (Å²) >= 11 is 0. The Bertz CT molecular complexity index is 1250. The maximum atomic E-state index is 13.1. The number of aromatic nitrogens is 2. The van der Waals surface area contributed by atoms with E-state index in [2.05, 4.69) is 5.10 Å². The van der Waals surface area contributed by atoms with Crippen molar-refractivity contribution in [3.05, 3.63) is 78.1 Å². The minimum atomic E-state index is -3.76. The van der Waals surface area contributed by atoms with Crippen molar-refractivity contribution in [3.8, 4) is 11.4 Å². The highest BCUT2D eigenvalue weighted by Gasteiger charge is 2.29. The summed E-state index contributed by atoms with van der Waals surface area (Å²) in [7, 11) is -2.34. The first kappa shape index (κ1) is 23.7. The zero-order valence-electron chi connectivity index (χ0n) is 18.7. The summed E-state index contributed by atoms with van der Waals surface area (Å²) in [6.07, 6.45) is 6.33. The van der Waals surface area contributed by atoms with Gasteiger partial charge in [-0.15, -0.1) is 0 Å². The first-order chi connectivity index (χ1) is 16.5. The second-order valence-corrected chi connectivity index (χ2v) is 9.39. The van der Waals surface area contributed by atoms with Gasteiger partial charge in [0.2, 0.25) is 10.0 Å². The molecule has 2 heterocycles. The van der Waals surface area contributed by atoms with Crippen LogP contribution in [0.2, 0.25) is 0 Å². The molecule has 178 valence electrons. The number of hydrogen-bond acceptors (Lipinski definition) is 7. The number of benzene rings is 2. The Morgan fingerprint density at radius 1 is 1.15 bits per heavy atom.